The summed E-state index contributed by atoms with van der Waals surface area (Å²) >= 11 is 0. The van der Waals surface area contributed by atoms with Gasteiger partial charge in [-0.3, -0.25) is 14.1 Å². The normalized spacial score (nSPS) is 12.7. The third kappa shape index (κ3) is 5.62. The highest BCUT2D eigenvalue weighted by Gasteiger charge is 2.29. The predicted molar refractivity (Wildman–Crippen MR) is 354 cm³/mol. The van der Waals surface area contributed by atoms with Crippen LogP contribution in [-0.2, 0) is 0 Å². The summed E-state index contributed by atoms with van der Waals surface area (Å²) in [5.74, 6) is 1.22. The molecule has 86 heavy (non-hydrogen) atoms. The van der Waals surface area contributed by atoms with Gasteiger partial charge in [-0.15, -0.1) is 0 Å². The maximum Gasteiger partial charge on any atom is 0.235 e. The molecular formula is C77H41N9. The second kappa shape index (κ2) is 16.0. The molecule has 0 fully saturated rings. The molecular weight excluding hydrogens is 1050 g/mol. The van der Waals surface area contributed by atoms with Crippen molar-refractivity contribution in [2.45, 2.75) is 0 Å². The molecule has 0 bridgehead atoms. The van der Waals surface area contributed by atoms with Crippen LogP contribution in [0.4, 0.5) is 0 Å². The second-order valence-electron chi connectivity index (χ2n) is 23.1. The smallest absolute Gasteiger partial charge is 0.235 e. The molecule has 0 unspecified atom stereocenters. The van der Waals surface area contributed by atoms with Crippen LogP contribution in [0.5, 0.6) is 0 Å². The molecule has 9 aromatic heterocycles. The Hall–Kier alpha value is -11.8. The first kappa shape index (κ1) is 44.8. The third-order valence-electron chi connectivity index (χ3n) is 18.9. The van der Waals surface area contributed by atoms with Crippen molar-refractivity contribution in [3.63, 3.8) is 0 Å². The lowest BCUT2D eigenvalue weighted by atomic mass is 9.97. The molecule has 0 N–H and O–H groups in total. The summed E-state index contributed by atoms with van der Waals surface area (Å²) in [6, 6.07) is 85.7. The van der Waals surface area contributed by atoms with Crippen LogP contribution in [-0.4, -0.2) is 42.9 Å². The number of hydrogen-bond donors (Lipinski definition) is 0. The molecule has 0 amide bonds. The summed E-state index contributed by atoms with van der Waals surface area (Å²) in [6.07, 6.45) is 3.96. The van der Waals surface area contributed by atoms with Crippen LogP contribution in [0.3, 0.4) is 0 Å². The number of fused-ring (bicyclic) bond motifs is 26. The molecule has 0 saturated carbocycles. The van der Waals surface area contributed by atoms with Gasteiger partial charge >= 0.3 is 0 Å². The molecule has 12 aromatic carbocycles. The van der Waals surface area contributed by atoms with Gasteiger partial charge in [-0.2, -0.15) is 0 Å². The van der Waals surface area contributed by atoms with Gasteiger partial charge in [-0.05, 0) is 93.8 Å². The zero-order valence-electron chi connectivity index (χ0n) is 45.7. The summed E-state index contributed by atoms with van der Waals surface area (Å²) in [5, 5.41) is 20.1. The largest absolute Gasteiger partial charge is 0.308 e. The van der Waals surface area contributed by atoms with Crippen molar-refractivity contribution in [1.82, 2.24) is 42.9 Å². The lowest BCUT2D eigenvalue weighted by Gasteiger charge is -2.13. The Bertz CT molecular complexity index is 6580. The molecule has 0 spiro atoms. The Balaban J connectivity index is 0.861. The first-order valence-electron chi connectivity index (χ1n) is 29.2. The Morgan fingerprint density at radius 1 is 0.256 bits per heavy atom. The fraction of sp³-hybridized carbons (Fsp3) is 0. The molecule has 394 valence electrons. The van der Waals surface area contributed by atoms with Crippen LogP contribution in [0, 0.1) is 0 Å². The van der Waals surface area contributed by atoms with Crippen molar-refractivity contribution in [3.05, 3.63) is 249 Å². The Morgan fingerprint density at radius 2 is 0.767 bits per heavy atom. The molecule has 0 radical (unpaired) electrons. The molecule has 9 heteroatoms. The van der Waals surface area contributed by atoms with E-state index in [9.17, 15) is 0 Å². The fourth-order valence-corrected chi connectivity index (χ4v) is 15.3. The quantitative estimate of drug-likeness (QED) is 0.175. The van der Waals surface area contributed by atoms with Gasteiger partial charge < -0.3 is 8.80 Å². The Morgan fingerprint density at radius 3 is 1.43 bits per heavy atom. The summed E-state index contributed by atoms with van der Waals surface area (Å²) in [5.41, 5.74) is 17.5. The summed E-state index contributed by atoms with van der Waals surface area (Å²) in [6.45, 7) is 0. The first-order chi connectivity index (χ1) is 42.7. The number of para-hydroxylation sites is 4. The fourth-order valence-electron chi connectivity index (χ4n) is 15.3. The van der Waals surface area contributed by atoms with Crippen molar-refractivity contribution in [1.29, 1.82) is 0 Å². The zero-order valence-corrected chi connectivity index (χ0v) is 45.7. The second-order valence-corrected chi connectivity index (χ2v) is 23.1. The number of hydrogen-bond acceptors (Lipinski definition) is 5. The van der Waals surface area contributed by atoms with Crippen LogP contribution in [0.1, 0.15) is 0 Å². The van der Waals surface area contributed by atoms with Crippen molar-refractivity contribution in [2.75, 3.05) is 0 Å². The van der Waals surface area contributed by atoms with Crippen LogP contribution in [0.15, 0.2) is 249 Å². The Kier molecular flexibility index (Phi) is 8.36. The summed E-state index contributed by atoms with van der Waals surface area (Å²) in [7, 11) is 0. The van der Waals surface area contributed by atoms with E-state index in [-0.39, 0.29) is 0 Å². The number of rotatable bonds is 4. The Labute approximate surface area is 486 Å². The highest BCUT2D eigenvalue weighted by atomic mass is 15.2. The monoisotopic (exact) mass is 1090 g/mol. The lowest BCUT2D eigenvalue weighted by Crippen LogP contribution is -2.04. The summed E-state index contributed by atoms with van der Waals surface area (Å²) in [4.78, 5) is 27.1. The van der Waals surface area contributed by atoms with Crippen molar-refractivity contribution in [2.24, 2.45) is 0 Å². The maximum absolute atomic E-state index is 5.70. The number of aromatic nitrogens is 9. The standard InChI is InChI=1S/C77H41N9/c1-2-18-44(19-3-1)72-73-57(81-77(82-72)86-63-35-31-43-17-5-8-22-49(43)67(63)70-65(86)39-53-50-23-9-13-27-58(50)83-60-29-15-11-25-52(60)68(70)74(53)83)37-47(41-78-73)45-32-33-61-55(36-45)69-71-64(38-54-51-24-10-14-28-59(51)84(61)75(54)69)85(76-79-40-46-20-6-12-26-56(46)80-76)62-34-30-42-16-4-7-21-48(42)66(62)71/h1-41H. The van der Waals surface area contributed by atoms with E-state index in [4.69, 9.17) is 24.9 Å². The van der Waals surface area contributed by atoms with E-state index in [0.717, 1.165) is 82.8 Å². The minimum absolute atomic E-state index is 0.584. The van der Waals surface area contributed by atoms with Gasteiger partial charge in [0.1, 0.15) is 11.2 Å². The molecule has 0 atom stereocenters. The van der Waals surface area contributed by atoms with E-state index in [1.54, 1.807) is 0 Å². The average Bonchev–Trinajstić information content (AvgIpc) is 1.54. The molecule has 9 heterocycles. The third-order valence-corrected chi connectivity index (χ3v) is 18.9. The van der Waals surface area contributed by atoms with E-state index < -0.39 is 0 Å². The minimum Gasteiger partial charge on any atom is -0.308 e. The topological polar surface area (TPSA) is 83.1 Å². The molecule has 0 aliphatic rings. The van der Waals surface area contributed by atoms with Gasteiger partial charge in [0.25, 0.3) is 0 Å². The van der Waals surface area contributed by atoms with Crippen LogP contribution < -0.4 is 0 Å². The number of nitrogens with zero attached hydrogens (tertiary/aromatic N) is 9. The maximum atomic E-state index is 5.70. The first-order valence-corrected chi connectivity index (χ1v) is 29.2. The predicted octanol–water partition coefficient (Wildman–Crippen LogP) is 19.1. The lowest BCUT2D eigenvalue weighted by molar-refractivity contribution is 1.01. The zero-order chi connectivity index (χ0) is 55.6. The van der Waals surface area contributed by atoms with Crippen LogP contribution in [0.25, 0.3) is 198 Å². The van der Waals surface area contributed by atoms with E-state index in [0.29, 0.717) is 11.9 Å². The van der Waals surface area contributed by atoms with Gasteiger partial charge in [0, 0.05) is 93.5 Å². The highest BCUT2D eigenvalue weighted by molar-refractivity contribution is 6.40. The van der Waals surface area contributed by atoms with Gasteiger partial charge in [0.15, 0.2) is 0 Å². The molecule has 0 aliphatic heterocycles. The SMILES string of the molecule is c1ccc(-c2nc(-n3c4ccc5ccccc5c4c4c5c6ccccc6n6c7ccccc7c(cc43)c56)nc3cc(-c4ccc5c(c4)c4c6c7c8ccccc8ccc7n(-c7ncc8ccccc8n7)c6cc6c7ccccc7n5c64)cnc23)cc1. The van der Waals surface area contributed by atoms with Gasteiger partial charge in [-0.25, -0.2) is 19.9 Å². The molecule has 0 saturated heterocycles. The molecule has 21 aromatic rings. The van der Waals surface area contributed by atoms with Crippen LogP contribution >= 0.6 is 0 Å². The van der Waals surface area contributed by atoms with E-state index in [1.807, 2.05) is 24.5 Å². The molecule has 21 rings (SSSR count). The van der Waals surface area contributed by atoms with E-state index in [2.05, 4.69) is 242 Å². The van der Waals surface area contributed by atoms with Gasteiger partial charge in [0.05, 0.1) is 66.2 Å². The van der Waals surface area contributed by atoms with Crippen molar-refractivity contribution in [3.8, 4) is 34.3 Å². The average molecular weight is 1090 g/mol. The van der Waals surface area contributed by atoms with E-state index >= 15 is 0 Å². The van der Waals surface area contributed by atoms with Gasteiger partial charge in [0.2, 0.25) is 11.9 Å². The van der Waals surface area contributed by atoms with Crippen molar-refractivity contribution >= 4 is 163 Å². The van der Waals surface area contributed by atoms with Crippen LogP contribution in [0.2, 0.25) is 0 Å². The van der Waals surface area contributed by atoms with Gasteiger partial charge in [-0.1, -0.05) is 170 Å². The van der Waals surface area contributed by atoms with Crippen molar-refractivity contribution < 1.29 is 0 Å². The minimum atomic E-state index is 0.584. The summed E-state index contributed by atoms with van der Waals surface area (Å²) < 4.78 is 9.56. The highest BCUT2D eigenvalue weighted by Crippen LogP contribution is 2.51. The number of pyridine rings is 1. The van der Waals surface area contributed by atoms with E-state index in [1.165, 1.54) is 103 Å². The molecule has 0 aliphatic carbocycles. The number of benzene rings is 12. The molecule has 9 nitrogen and oxygen atoms in total.